The lowest BCUT2D eigenvalue weighted by atomic mass is 10.1. The number of hydrogen-bond acceptors (Lipinski definition) is 6. The van der Waals surface area contributed by atoms with Crippen LogP contribution in [0.25, 0.3) is 11.3 Å². The second-order valence-corrected chi connectivity index (χ2v) is 9.20. The Kier molecular flexibility index (Phi) is 6.17. The second kappa shape index (κ2) is 9.40. The predicted octanol–water partition coefficient (Wildman–Crippen LogP) is 4.50. The number of aromatic nitrogens is 4. The van der Waals surface area contributed by atoms with E-state index in [0.29, 0.717) is 29.7 Å². The average Bonchev–Trinajstić information content (AvgIpc) is 3.55. The molecule has 5 rings (SSSR count). The molecule has 3 aromatic rings. The second-order valence-electron chi connectivity index (χ2n) is 9.20. The van der Waals surface area contributed by atoms with Crippen LogP contribution in [0.4, 0.5) is 16.0 Å². The van der Waals surface area contributed by atoms with E-state index in [4.69, 9.17) is 4.74 Å². The van der Waals surface area contributed by atoms with Crippen LogP contribution in [-0.4, -0.2) is 50.3 Å². The van der Waals surface area contributed by atoms with Gasteiger partial charge in [-0.05, 0) is 62.3 Å². The van der Waals surface area contributed by atoms with Gasteiger partial charge in [-0.15, -0.1) is 0 Å². The van der Waals surface area contributed by atoms with Crippen LogP contribution in [0.3, 0.4) is 0 Å². The molecule has 0 radical (unpaired) electrons. The molecule has 2 fully saturated rings. The first-order valence-corrected chi connectivity index (χ1v) is 11.8. The normalized spacial score (nSPS) is 16.5. The monoisotopic (exact) mass is 464 g/mol. The molecule has 34 heavy (non-hydrogen) atoms. The van der Waals surface area contributed by atoms with Gasteiger partial charge in [0.15, 0.2) is 11.6 Å². The molecule has 1 amide bonds. The highest BCUT2D eigenvalue weighted by Crippen LogP contribution is 2.32. The summed E-state index contributed by atoms with van der Waals surface area (Å²) in [6, 6.07) is 5.22. The molecule has 1 saturated carbocycles. The molecule has 1 aliphatic carbocycles. The van der Waals surface area contributed by atoms with Gasteiger partial charge in [0.25, 0.3) is 0 Å². The Hall–Kier alpha value is -3.49. The Morgan fingerprint density at radius 3 is 2.71 bits per heavy atom. The van der Waals surface area contributed by atoms with E-state index in [1.807, 2.05) is 28.8 Å². The van der Waals surface area contributed by atoms with Gasteiger partial charge in [-0.2, -0.15) is 5.10 Å². The summed E-state index contributed by atoms with van der Waals surface area (Å²) < 4.78 is 22.2. The minimum atomic E-state index is -0.386. The van der Waals surface area contributed by atoms with Crippen molar-refractivity contribution in [1.29, 1.82) is 0 Å². The molecule has 0 atom stereocenters. The van der Waals surface area contributed by atoms with Crippen molar-refractivity contribution in [2.75, 3.05) is 25.0 Å². The highest BCUT2D eigenvalue weighted by atomic mass is 19.1. The van der Waals surface area contributed by atoms with E-state index in [9.17, 15) is 9.18 Å². The molecule has 0 bridgehead atoms. The van der Waals surface area contributed by atoms with Crippen molar-refractivity contribution in [1.82, 2.24) is 24.6 Å². The lowest BCUT2D eigenvalue weighted by Gasteiger charge is -2.31. The minimum absolute atomic E-state index is 0.119. The maximum absolute atomic E-state index is 14.6. The third-order valence-corrected chi connectivity index (χ3v) is 6.49. The Balaban J connectivity index is 1.27. The zero-order chi connectivity index (χ0) is 23.7. The first kappa shape index (κ1) is 22.3. The van der Waals surface area contributed by atoms with Crippen LogP contribution >= 0.6 is 0 Å². The number of carbonyl (C=O) groups excluding carboxylic acids is 1. The molecular weight excluding hydrogens is 435 g/mol. The third kappa shape index (κ3) is 5.03. The number of nitrogens with one attached hydrogen (secondary N) is 1. The van der Waals surface area contributed by atoms with Gasteiger partial charge in [0.05, 0.1) is 30.2 Å². The molecular formula is C25H29FN6O2. The van der Waals surface area contributed by atoms with Crippen LogP contribution in [0.2, 0.25) is 0 Å². The molecule has 2 aliphatic rings. The highest BCUT2D eigenvalue weighted by molar-refractivity contribution is 5.73. The number of rotatable bonds is 7. The standard InChI is InChI=1S/C25H29FN6O2/c1-16-12-27-25(29-20-13-28-32(14-20)21-7-9-31(10-8-21)17(2)33)30-24(16)19-5-6-23(22(26)11-19)34-15-18-3-4-18/h5-6,11-14,18,21H,3-4,7-10,15H2,1-2H3,(H,27,29,30). The summed E-state index contributed by atoms with van der Waals surface area (Å²) in [6.45, 7) is 5.57. The Bertz CT molecular complexity index is 1180. The van der Waals surface area contributed by atoms with Gasteiger partial charge in [-0.3, -0.25) is 9.48 Å². The zero-order valence-corrected chi connectivity index (χ0v) is 19.5. The fraction of sp³-hybridized carbons (Fsp3) is 0.440. The Labute approximate surface area is 198 Å². The number of hydrogen-bond donors (Lipinski definition) is 1. The van der Waals surface area contributed by atoms with Gasteiger partial charge in [0.2, 0.25) is 11.9 Å². The number of likely N-dealkylation sites (tertiary alicyclic amines) is 1. The van der Waals surface area contributed by atoms with Crippen LogP contribution < -0.4 is 10.1 Å². The van der Waals surface area contributed by atoms with E-state index in [1.54, 1.807) is 25.4 Å². The van der Waals surface area contributed by atoms with E-state index < -0.39 is 0 Å². The number of aryl methyl sites for hydroxylation is 1. The van der Waals surface area contributed by atoms with Gasteiger partial charge in [0, 0.05) is 38.0 Å². The topological polar surface area (TPSA) is 85.2 Å². The molecule has 178 valence electrons. The van der Waals surface area contributed by atoms with E-state index in [2.05, 4.69) is 20.4 Å². The van der Waals surface area contributed by atoms with Crippen molar-refractivity contribution in [2.45, 2.75) is 45.6 Å². The number of halogens is 1. The molecule has 1 saturated heterocycles. The first-order valence-electron chi connectivity index (χ1n) is 11.8. The summed E-state index contributed by atoms with van der Waals surface area (Å²) in [5.41, 5.74) is 2.96. The van der Waals surface area contributed by atoms with Crippen molar-refractivity contribution >= 4 is 17.5 Å². The molecule has 0 spiro atoms. The lowest BCUT2D eigenvalue weighted by Crippen LogP contribution is -2.37. The van der Waals surface area contributed by atoms with Crippen molar-refractivity contribution in [2.24, 2.45) is 5.92 Å². The summed E-state index contributed by atoms with van der Waals surface area (Å²) in [7, 11) is 0. The largest absolute Gasteiger partial charge is 0.490 e. The molecule has 3 heterocycles. The van der Waals surface area contributed by atoms with E-state index in [0.717, 1.165) is 50.0 Å². The molecule has 8 nitrogen and oxygen atoms in total. The Morgan fingerprint density at radius 1 is 1.21 bits per heavy atom. The van der Waals surface area contributed by atoms with Crippen LogP contribution in [-0.2, 0) is 4.79 Å². The van der Waals surface area contributed by atoms with Crippen LogP contribution in [0.15, 0.2) is 36.8 Å². The number of amides is 1. The molecule has 9 heteroatoms. The molecule has 1 aromatic carbocycles. The van der Waals surface area contributed by atoms with Crippen molar-refractivity contribution in [3.8, 4) is 17.0 Å². The quantitative estimate of drug-likeness (QED) is 0.554. The van der Waals surface area contributed by atoms with Gasteiger partial charge in [-0.1, -0.05) is 0 Å². The van der Waals surface area contributed by atoms with Crippen molar-refractivity contribution in [3.05, 3.63) is 48.2 Å². The van der Waals surface area contributed by atoms with E-state index in [-0.39, 0.29) is 23.5 Å². The van der Waals surface area contributed by atoms with Gasteiger partial charge >= 0.3 is 0 Å². The summed E-state index contributed by atoms with van der Waals surface area (Å²) in [4.78, 5) is 22.4. The third-order valence-electron chi connectivity index (χ3n) is 6.49. The summed E-state index contributed by atoms with van der Waals surface area (Å²) >= 11 is 0. The van der Waals surface area contributed by atoms with Gasteiger partial charge in [0.1, 0.15) is 0 Å². The number of anilines is 2. The highest BCUT2D eigenvalue weighted by Gasteiger charge is 2.23. The lowest BCUT2D eigenvalue weighted by molar-refractivity contribution is -0.130. The van der Waals surface area contributed by atoms with Gasteiger partial charge < -0.3 is 15.0 Å². The molecule has 0 unspecified atom stereocenters. The fourth-order valence-corrected chi connectivity index (χ4v) is 4.23. The number of nitrogens with zero attached hydrogens (tertiary/aromatic N) is 5. The minimum Gasteiger partial charge on any atom is -0.490 e. The van der Waals surface area contributed by atoms with Crippen LogP contribution in [0, 0.1) is 18.7 Å². The average molecular weight is 465 g/mol. The number of benzene rings is 1. The summed E-state index contributed by atoms with van der Waals surface area (Å²) in [5.74, 6) is 0.995. The smallest absolute Gasteiger partial charge is 0.227 e. The maximum atomic E-state index is 14.6. The number of piperidine rings is 1. The van der Waals surface area contributed by atoms with E-state index in [1.165, 1.54) is 6.07 Å². The summed E-state index contributed by atoms with van der Waals surface area (Å²) in [6.07, 6.45) is 9.47. The van der Waals surface area contributed by atoms with E-state index >= 15 is 0 Å². The SMILES string of the molecule is CC(=O)N1CCC(n2cc(Nc3ncc(C)c(-c4ccc(OCC5CC5)c(F)c4)n3)cn2)CC1. The van der Waals surface area contributed by atoms with Crippen LogP contribution in [0.5, 0.6) is 5.75 Å². The van der Waals surface area contributed by atoms with Crippen LogP contribution in [0.1, 0.15) is 44.2 Å². The first-order chi connectivity index (χ1) is 16.5. The zero-order valence-electron chi connectivity index (χ0n) is 19.5. The summed E-state index contributed by atoms with van der Waals surface area (Å²) in [5, 5.41) is 7.70. The maximum Gasteiger partial charge on any atom is 0.227 e. The molecule has 1 N–H and O–H groups in total. The molecule has 2 aromatic heterocycles. The molecule has 1 aliphatic heterocycles. The Morgan fingerprint density at radius 2 is 2.00 bits per heavy atom. The number of ether oxygens (including phenoxy) is 1. The predicted molar refractivity (Wildman–Crippen MR) is 126 cm³/mol. The van der Waals surface area contributed by atoms with Crippen molar-refractivity contribution < 1.29 is 13.9 Å². The van der Waals surface area contributed by atoms with Crippen molar-refractivity contribution in [3.63, 3.8) is 0 Å². The fourth-order valence-electron chi connectivity index (χ4n) is 4.23. The number of carbonyl (C=O) groups is 1. The van der Waals surface area contributed by atoms with Gasteiger partial charge in [-0.25, -0.2) is 14.4 Å².